The van der Waals surface area contributed by atoms with E-state index in [9.17, 15) is 4.39 Å². The summed E-state index contributed by atoms with van der Waals surface area (Å²) in [5.41, 5.74) is 8.24. The van der Waals surface area contributed by atoms with Crippen LogP contribution < -0.4 is 10.6 Å². The number of guanidine groups is 1. The molecule has 2 aromatic carbocycles. The Bertz CT molecular complexity index is 773. The third-order valence-corrected chi connectivity index (χ3v) is 3.85. The molecule has 3 rings (SSSR count). The first-order chi connectivity index (χ1) is 10.1. The van der Waals surface area contributed by atoms with Crippen LogP contribution in [-0.4, -0.2) is 19.0 Å². The quantitative estimate of drug-likeness (QED) is 0.496. The van der Waals surface area contributed by atoms with Crippen LogP contribution in [0.3, 0.4) is 0 Å². The maximum atomic E-state index is 13.4. The van der Waals surface area contributed by atoms with Gasteiger partial charge in [0.1, 0.15) is 12.4 Å². The highest BCUT2D eigenvalue weighted by Gasteiger charge is 2.29. The van der Waals surface area contributed by atoms with E-state index in [-0.39, 0.29) is 12.4 Å². The minimum absolute atomic E-state index is 0.222. The SMILES string of the molecule is C#CCN=C(N)N1CC(C)c2c1ccc1cc(F)ccc21. The van der Waals surface area contributed by atoms with Gasteiger partial charge in [-0.15, -0.1) is 6.42 Å². The van der Waals surface area contributed by atoms with Gasteiger partial charge in [0, 0.05) is 18.2 Å². The third-order valence-electron chi connectivity index (χ3n) is 3.85. The van der Waals surface area contributed by atoms with Crippen molar-refractivity contribution in [2.45, 2.75) is 12.8 Å². The number of nitrogens with zero attached hydrogens (tertiary/aromatic N) is 2. The highest BCUT2D eigenvalue weighted by atomic mass is 19.1. The van der Waals surface area contributed by atoms with Crippen LogP contribution in [0.1, 0.15) is 18.4 Å². The molecule has 106 valence electrons. The van der Waals surface area contributed by atoms with Crippen molar-refractivity contribution in [3.63, 3.8) is 0 Å². The predicted molar refractivity (Wildman–Crippen MR) is 85.0 cm³/mol. The Kier molecular flexibility index (Phi) is 3.26. The molecule has 1 aliphatic rings. The Hall–Kier alpha value is -2.54. The number of hydrogen-bond acceptors (Lipinski definition) is 1. The van der Waals surface area contributed by atoms with Crippen LogP contribution in [0.5, 0.6) is 0 Å². The largest absolute Gasteiger partial charge is 0.369 e. The summed E-state index contributed by atoms with van der Waals surface area (Å²) in [5, 5.41) is 1.97. The van der Waals surface area contributed by atoms with Gasteiger partial charge in [-0.2, -0.15) is 0 Å². The zero-order chi connectivity index (χ0) is 15.0. The molecule has 2 aromatic rings. The predicted octanol–water partition coefficient (Wildman–Crippen LogP) is 2.85. The minimum Gasteiger partial charge on any atom is -0.369 e. The number of aliphatic imine (C=N–C) groups is 1. The molecule has 4 heteroatoms. The summed E-state index contributed by atoms with van der Waals surface area (Å²) < 4.78 is 13.4. The number of benzene rings is 2. The lowest BCUT2D eigenvalue weighted by molar-refractivity contribution is 0.629. The fourth-order valence-corrected chi connectivity index (χ4v) is 2.96. The van der Waals surface area contributed by atoms with E-state index in [2.05, 4.69) is 17.8 Å². The molecular weight excluding hydrogens is 265 g/mol. The zero-order valence-corrected chi connectivity index (χ0v) is 11.8. The number of fused-ring (bicyclic) bond motifs is 3. The summed E-state index contributed by atoms with van der Waals surface area (Å²) in [6.07, 6.45) is 5.22. The Morgan fingerprint density at radius 1 is 1.48 bits per heavy atom. The first kappa shape index (κ1) is 13.4. The highest BCUT2D eigenvalue weighted by Crippen LogP contribution is 2.40. The Balaban J connectivity index is 2.13. The number of hydrogen-bond donors (Lipinski definition) is 1. The van der Waals surface area contributed by atoms with Crippen LogP contribution in [0.4, 0.5) is 10.1 Å². The molecule has 0 spiro atoms. The lowest BCUT2D eigenvalue weighted by atomic mass is 9.96. The van der Waals surface area contributed by atoms with Gasteiger partial charge in [0.25, 0.3) is 0 Å². The van der Waals surface area contributed by atoms with Gasteiger partial charge in [-0.05, 0) is 34.5 Å². The molecule has 1 aliphatic heterocycles. The molecule has 0 radical (unpaired) electrons. The first-order valence-electron chi connectivity index (χ1n) is 6.85. The molecule has 1 unspecified atom stereocenters. The van der Waals surface area contributed by atoms with Gasteiger partial charge in [0.2, 0.25) is 0 Å². The Morgan fingerprint density at radius 3 is 3.05 bits per heavy atom. The molecule has 0 saturated carbocycles. The van der Waals surface area contributed by atoms with Crippen LogP contribution in [0.2, 0.25) is 0 Å². The van der Waals surface area contributed by atoms with Crippen LogP contribution in [0, 0.1) is 18.2 Å². The molecule has 0 aromatic heterocycles. The number of terminal acetylenes is 1. The smallest absolute Gasteiger partial charge is 0.196 e. The molecule has 2 N–H and O–H groups in total. The normalized spacial score (nSPS) is 17.9. The monoisotopic (exact) mass is 281 g/mol. The Morgan fingerprint density at radius 2 is 2.29 bits per heavy atom. The van der Waals surface area contributed by atoms with Crippen molar-refractivity contribution in [3.05, 3.63) is 41.7 Å². The van der Waals surface area contributed by atoms with E-state index in [0.29, 0.717) is 11.9 Å². The van der Waals surface area contributed by atoms with Crippen molar-refractivity contribution >= 4 is 22.4 Å². The summed E-state index contributed by atoms with van der Waals surface area (Å²) in [7, 11) is 0. The molecule has 21 heavy (non-hydrogen) atoms. The zero-order valence-electron chi connectivity index (χ0n) is 11.8. The van der Waals surface area contributed by atoms with E-state index in [1.165, 1.54) is 11.6 Å². The molecule has 0 bridgehead atoms. The summed E-state index contributed by atoms with van der Waals surface area (Å²) >= 11 is 0. The molecule has 0 aliphatic carbocycles. The standard InChI is InChI=1S/C17H16FN3/c1-3-8-20-17(19)21-10-11(2)16-14-6-5-13(18)9-12(14)4-7-15(16)21/h1,4-7,9,11H,8,10H2,2H3,(H2,19,20). The van der Waals surface area contributed by atoms with Gasteiger partial charge >= 0.3 is 0 Å². The van der Waals surface area contributed by atoms with Gasteiger partial charge in [0.05, 0.1) is 0 Å². The number of anilines is 1. The van der Waals surface area contributed by atoms with Crippen molar-refractivity contribution in [1.82, 2.24) is 0 Å². The van der Waals surface area contributed by atoms with Gasteiger partial charge in [-0.3, -0.25) is 0 Å². The molecule has 1 atom stereocenters. The van der Waals surface area contributed by atoms with Gasteiger partial charge in [-0.25, -0.2) is 9.38 Å². The molecule has 0 amide bonds. The molecule has 3 nitrogen and oxygen atoms in total. The summed E-state index contributed by atoms with van der Waals surface area (Å²) in [4.78, 5) is 6.15. The highest BCUT2D eigenvalue weighted by molar-refractivity contribution is 6.02. The number of halogens is 1. The van der Waals surface area contributed by atoms with Crippen molar-refractivity contribution < 1.29 is 4.39 Å². The summed E-state index contributed by atoms with van der Waals surface area (Å²) in [5.74, 6) is 2.97. The van der Waals surface area contributed by atoms with E-state index >= 15 is 0 Å². The lowest BCUT2D eigenvalue weighted by Crippen LogP contribution is -2.36. The van der Waals surface area contributed by atoms with E-state index in [4.69, 9.17) is 12.2 Å². The second-order valence-electron chi connectivity index (χ2n) is 5.25. The fourth-order valence-electron chi connectivity index (χ4n) is 2.96. The van der Waals surface area contributed by atoms with E-state index < -0.39 is 0 Å². The van der Waals surface area contributed by atoms with Crippen molar-refractivity contribution in [2.24, 2.45) is 10.7 Å². The third kappa shape index (κ3) is 2.21. The molecular formula is C17H16FN3. The number of nitrogens with two attached hydrogens (primary N) is 1. The van der Waals surface area contributed by atoms with Gasteiger partial charge in [0.15, 0.2) is 5.96 Å². The van der Waals surface area contributed by atoms with Gasteiger partial charge < -0.3 is 10.6 Å². The molecule has 1 heterocycles. The van der Waals surface area contributed by atoms with E-state index in [0.717, 1.165) is 23.0 Å². The average molecular weight is 281 g/mol. The first-order valence-corrected chi connectivity index (χ1v) is 6.85. The van der Waals surface area contributed by atoms with E-state index in [1.54, 1.807) is 6.07 Å². The second kappa shape index (κ2) is 5.10. The second-order valence-corrected chi connectivity index (χ2v) is 5.25. The van der Waals surface area contributed by atoms with Crippen molar-refractivity contribution in [1.29, 1.82) is 0 Å². The maximum Gasteiger partial charge on any atom is 0.196 e. The maximum absolute atomic E-state index is 13.4. The van der Waals surface area contributed by atoms with Crippen LogP contribution in [0.25, 0.3) is 10.8 Å². The molecule has 0 saturated heterocycles. The van der Waals surface area contributed by atoms with E-state index in [1.807, 2.05) is 23.1 Å². The van der Waals surface area contributed by atoms with Gasteiger partial charge in [-0.1, -0.05) is 25.0 Å². The average Bonchev–Trinajstić information content (AvgIpc) is 2.82. The lowest BCUT2D eigenvalue weighted by Gasteiger charge is -2.18. The van der Waals surface area contributed by atoms with Crippen molar-refractivity contribution in [2.75, 3.05) is 18.0 Å². The number of rotatable bonds is 1. The topological polar surface area (TPSA) is 41.6 Å². The fraction of sp³-hybridized carbons (Fsp3) is 0.235. The minimum atomic E-state index is -0.222. The van der Waals surface area contributed by atoms with Crippen molar-refractivity contribution in [3.8, 4) is 12.3 Å². The Labute approximate surface area is 123 Å². The van der Waals surface area contributed by atoms with Crippen LogP contribution >= 0.6 is 0 Å². The van der Waals surface area contributed by atoms with Crippen LogP contribution in [0.15, 0.2) is 35.3 Å². The molecule has 0 fully saturated rings. The van der Waals surface area contributed by atoms with Crippen LogP contribution in [-0.2, 0) is 0 Å². The summed E-state index contributed by atoms with van der Waals surface area (Å²) in [6, 6.07) is 8.77. The summed E-state index contributed by atoms with van der Waals surface area (Å²) in [6.45, 7) is 3.16.